The van der Waals surface area contributed by atoms with Gasteiger partial charge in [0.15, 0.2) is 0 Å². The number of aromatic nitrogens is 1. The number of rotatable bonds is 4. The Morgan fingerprint density at radius 1 is 1.33 bits per heavy atom. The van der Waals surface area contributed by atoms with Crippen LogP contribution in [0, 0.1) is 6.92 Å². The zero-order chi connectivity index (χ0) is 15.4. The number of aryl methyl sites for hydroxylation is 1. The van der Waals surface area contributed by atoms with Crippen LogP contribution in [0.5, 0.6) is 5.75 Å². The van der Waals surface area contributed by atoms with E-state index in [0.29, 0.717) is 5.69 Å². The van der Waals surface area contributed by atoms with Crippen LogP contribution in [0.25, 0.3) is 0 Å². The molecule has 110 valence electrons. The van der Waals surface area contributed by atoms with Crippen molar-refractivity contribution >= 4 is 17.6 Å². The summed E-state index contributed by atoms with van der Waals surface area (Å²) in [5.74, 6) is -0.955. The lowest BCUT2D eigenvalue weighted by Crippen LogP contribution is -2.17. The van der Waals surface area contributed by atoms with Gasteiger partial charge in [0.05, 0.1) is 6.61 Å². The van der Waals surface area contributed by atoms with Gasteiger partial charge in [0, 0.05) is 5.69 Å². The normalized spacial score (nSPS) is 10.2. The third kappa shape index (κ3) is 3.19. The Morgan fingerprint density at radius 3 is 2.62 bits per heavy atom. The summed E-state index contributed by atoms with van der Waals surface area (Å²) in [6, 6.07) is 5.92. The molecule has 0 radical (unpaired) electrons. The maximum Gasteiger partial charge on any atom is 0.361 e. The summed E-state index contributed by atoms with van der Waals surface area (Å²) < 4.78 is 9.71. The second-order valence-corrected chi connectivity index (χ2v) is 4.18. The molecule has 0 atom stereocenters. The van der Waals surface area contributed by atoms with E-state index in [0.717, 1.165) is 0 Å². The van der Waals surface area contributed by atoms with E-state index in [1.54, 1.807) is 6.92 Å². The zero-order valence-electron chi connectivity index (χ0n) is 11.5. The second-order valence-electron chi connectivity index (χ2n) is 4.18. The highest BCUT2D eigenvalue weighted by Crippen LogP contribution is 2.19. The summed E-state index contributed by atoms with van der Waals surface area (Å²) in [5, 5.41) is 15.3. The van der Waals surface area contributed by atoms with E-state index in [9.17, 15) is 14.7 Å². The van der Waals surface area contributed by atoms with Gasteiger partial charge in [-0.05, 0) is 38.1 Å². The molecule has 0 unspecified atom stereocenters. The molecule has 1 aromatic carbocycles. The van der Waals surface area contributed by atoms with Crippen LogP contribution in [-0.4, -0.2) is 28.7 Å². The van der Waals surface area contributed by atoms with Crippen LogP contribution in [0.2, 0.25) is 0 Å². The number of ether oxygens (including phenoxy) is 1. The summed E-state index contributed by atoms with van der Waals surface area (Å²) >= 11 is 0. The van der Waals surface area contributed by atoms with Gasteiger partial charge in [-0.25, -0.2) is 4.79 Å². The molecule has 0 aliphatic heterocycles. The topological polar surface area (TPSA) is 102 Å². The molecule has 7 nitrogen and oxygen atoms in total. The van der Waals surface area contributed by atoms with Crippen molar-refractivity contribution < 1.29 is 24.0 Å². The molecule has 1 amide bonds. The third-order valence-electron chi connectivity index (χ3n) is 2.68. The number of phenols is 1. The molecule has 7 heteroatoms. The SMILES string of the molecule is CCOC(=O)c1noc(C)c1C(=O)Nc1ccc(O)cc1. The fourth-order valence-electron chi connectivity index (χ4n) is 1.72. The van der Waals surface area contributed by atoms with Crippen molar-refractivity contribution in [3.8, 4) is 5.75 Å². The molecule has 2 N–H and O–H groups in total. The van der Waals surface area contributed by atoms with Crippen LogP contribution in [0.3, 0.4) is 0 Å². The van der Waals surface area contributed by atoms with E-state index in [-0.39, 0.29) is 29.4 Å². The Bertz CT molecular complexity index is 661. The second kappa shape index (κ2) is 6.08. The molecule has 0 bridgehead atoms. The number of carbonyl (C=O) groups is 2. The van der Waals surface area contributed by atoms with Gasteiger partial charge < -0.3 is 19.7 Å². The molecule has 0 fully saturated rings. The van der Waals surface area contributed by atoms with E-state index in [1.165, 1.54) is 31.2 Å². The van der Waals surface area contributed by atoms with Crippen molar-refractivity contribution in [1.29, 1.82) is 0 Å². The summed E-state index contributed by atoms with van der Waals surface area (Å²) in [6.07, 6.45) is 0. The molecule has 0 saturated carbocycles. The van der Waals surface area contributed by atoms with E-state index < -0.39 is 11.9 Å². The van der Waals surface area contributed by atoms with E-state index >= 15 is 0 Å². The van der Waals surface area contributed by atoms with Gasteiger partial charge >= 0.3 is 5.97 Å². The number of esters is 1. The molecule has 1 aromatic heterocycles. The average molecular weight is 290 g/mol. The molecule has 0 aliphatic rings. The van der Waals surface area contributed by atoms with Gasteiger partial charge in [0.2, 0.25) is 5.69 Å². The summed E-state index contributed by atoms with van der Waals surface area (Å²) in [5.41, 5.74) is 0.334. The highest BCUT2D eigenvalue weighted by Gasteiger charge is 2.26. The first kappa shape index (κ1) is 14.6. The Labute approximate surface area is 120 Å². The molecule has 0 spiro atoms. The van der Waals surface area contributed by atoms with Gasteiger partial charge in [-0.15, -0.1) is 0 Å². The number of benzene rings is 1. The minimum absolute atomic E-state index is 0.0292. The summed E-state index contributed by atoms with van der Waals surface area (Å²) in [4.78, 5) is 24.0. The highest BCUT2D eigenvalue weighted by atomic mass is 16.5. The van der Waals surface area contributed by atoms with Crippen molar-refractivity contribution in [3.05, 3.63) is 41.3 Å². The van der Waals surface area contributed by atoms with Gasteiger partial charge in [-0.3, -0.25) is 4.79 Å². The van der Waals surface area contributed by atoms with Gasteiger partial charge in [0.1, 0.15) is 17.1 Å². The van der Waals surface area contributed by atoms with Crippen LogP contribution in [0.1, 0.15) is 33.5 Å². The van der Waals surface area contributed by atoms with Gasteiger partial charge in [-0.2, -0.15) is 0 Å². The fraction of sp³-hybridized carbons (Fsp3) is 0.214. The zero-order valence-corrected chi connectivity index (χ0v) is 11.5. The molecular weight excluding hydrogens is 276 g/mol. The minimum Gasteiger partial charge on any atom is -0.508 e. The first-order chi connectivity index (χ1) is 10.0. The standard InChI is InChI=1S/C14H14N2O5/c1-3-20-14(19)12-11(8(2)21-16-12)13(18)15-9-4-6-10(17)7-5-9/h4-7,17H,3H2,1-2H3,(H,15,18). The van der Waals surface area contributed by atoms with Crippen molar-refractivity contribution in [2.75, 3.05) is 11.9 Å². The maximum atomic E-state index is 12.2. The number of carbonyl (C=O) groups excluding carboxylic acids is 2. The van der Waals surface area contributed by atoms with Crippen molar-refractivity contribution in [2.24, 2.45) is 0 Å². The Balaban J connectivity index is 2.24. The number of anilines is 1. The van der Waals surface area contributed by atoms with Crippen LogP contribution in [0.15, 0.2) is 28.8 Å². The molecule has 0 saturated heterocycles. The lowest BCUT2D eigenvalue weighted by molar-refractivity contribution is 0.0512. The number of nitrogens with zero attached hydrogens (tertiary/aromatic N) is 1. The van der Waals surface area contributed by atoms with E-state index in [4.69, 9.17) is 9.26 Å². The van der Waals surface area contributed by atoms with E-state index in [2.05, 4.69) is 10.5 Å². The smallest absolute Gasteiger partial charge is 0.361 e. The van der Waals surface area contributed by atoms with Gasteiger partial charge in [0.25, 0.3) is 5.91 Å². The highest BCUT2D eigenvalue weighted by molar-refractivity contribution is 6.10. The molecule has 21 heavy (non-hydrogen) atoms. The molecule has 1 heterocycles. The number of hydrogen-bond donors (Lipinski definition) is 2. The number of amides is 1. The summed E-state index contributed by atoms with van der Waals surface area (Å²) in [7, 11) is 0. The minimum atomic E-state index is -0.717. The van der Waals surface area contributed by atoms with Crippen LogP contribution >= 0.6 is 0 Å². The predicted octanol–water partition coefficient (Wildman–Crippen LogP) is 2.12. The molecule has 2 aromatic rings. The van der Waals surface area contributed by atoms with Gasteiger partial charge in [-0.1, -0.05) is 5.16 Å². The van der Waals surface area contributed by atoms with Crippen LogP contribution < -0.4 is 5.32 Å². The Kier molecular flexibility index (Phi) is 4.22. The molecule has 0 aliphatic carbocycles. The maximum absolute atomic E-state index is 12.2. The lowest BCUT2D eigenvalue weighted by atomic mass is 10.1. The Hall–Kier alpha value is -2.83. The largest absolute Gasteiger partial charge is 0.508 e. The molecule has 2 rings (SSSR count). The summed E-state index contributed by atoms with van der Waals surface area (Å²) in [6.45, 7) is 3.35. The first-order valence-electron chi connectivity index (χ1n) is 6.26. The Morgan fingerprint density at radius 2 is 2.00 bits per heavy atom. The van der Waals surface area contributed by atoms with Crippen molar-refractivity contribution in [3.63, 3.8) is 0 Å². The average Bonchev–Trinajstić information content (AvgIpc) is 2.83. The lowest BCUT2D eigenvalue weighted by Gasteiger charge is -2.05. The third-order valence-corrected chi connectivity index (χ3v) is 2.68. The van der Waals surface area contributed by atoms with Crippen LogP contribution in [-0.2, 0) is 4.74 Å². The van der Waals surface area contributed by atoms with Crippen molar-refractivity contribution in [2.45, 2.75) is 13.8 Å². The fourth-order valence-corrected chi connectivity index (χ4v) is 1.72. The quantitative estimate of drug-likeness (QED) is 0.660. The monoisotopic (exact) mass is 290 g/mol. The number of nitrogens with one attached hydrogen (secondary N) is 1. The first-order valence-corrected chi connectivity index (χ1v) is 6.26. The predicted molar refractivity (Wildman–Crippen MR) is 73.3 cm³/mol. The number of aromatic hydroxyl groups is 1. The number of hydrogen-bond acceptors (Lipinski definition) is 6. The van der Waals surface area contributed by atoms with Crippen molar-refractivity contribution in [1.82, 2.24) is 5.16 Å². The van der Waals surface area contributed by atoms with Crippen LogP contribution in [0.4, 0.5) is 5.69 Å². The van der Waals surface area contributed by atoms with E-state index in [1.807, 2.05) is 0 Å². The molecular formula is C14H14N2O5. The number of phenolic OH excluding ortho intramolecular Hbond substituents is 1.